The molecule has 0 bridgehead atoms. The van der Waals surface area contributed by atoms with Crippen molar-refractivity contribution in [2.24, 2.45) is 0 Å². The lowest BCUT2D eigenvalue weighted by Crippen LogP contribution is -2.46. The van der Waals surface area contributed by atoms with E-state index in [0.717, 1.165) is 49.1 Å². The highest BCUT2D eigenvalue weighted by atomic mass is 35.5. The topological polar surface area (TPSA) is 80.0 Å². The SMILES string of the molecule is O=C(Cn1cnc2c(N3CCN(Cc4ccccc4Cl)CC3)ncnc21)c1nccs1. The number of hydrogen-bond donors (Lipinski definition) is 0. The Bertz CT molecular complexity index is 1200. The van der Waals surface area contributed by atoms with Gasteiger partial charge < -0.3 is 9.47 Å². The van der Waals surface area contributed by atoms with Gasteiger partial charge in [-0.2, -0.15) is 0 Å². The average molecular weight is 454 g/mol. The molecule has 0 atom stereocenters. The minimum absolute atomic E-state index is 0.0531. The first-order chi connectivity index (χ1) is 15.2. The first-order valence-corrected chi connectivity index (χ1v) is 11.2. The Morgan fingerprint density at radius 2 is 1.90 bits per heavy atom. The molecule has 0 spiro atoms. The molecule has 0 amide bonds. The van der Waals surface area contributed by atoms with Crippen molar-refractivity contribution in [1.29, 1.82) is 0 Å². The molecule has 4 heterocycles. The molecule has 10 heteroatoms. The Kier molecular flexibility index (Phi) is 5.63. The molecule has 31 heavy (non-hydrogen) atoms. The van der Waals surface area contributed by atoms with Crippen molar-refractivity contribution in [2.45, 2.75) is 13.1 Å². The van der Waals surface area contributed by atoms with E-state index in [4.69, 9.17) is 11.6 Å². The molecule has 1 aromatic carbocycles. The lowest BCUT2D eigenvalue weighted by molar-refractivity contribution is 0.0973. The summed E-state index contributed by atoms with van der Waals surface area (Å²) in [5, 5.41) is 3.09. The fraction of sp³-hybridized carbons (Fsp3) is 0.286. The van der Waals surface area contributed by atoms with E-state index in [1.807, 2.05) is 18.2 Å². The van der Waals surface area contributed by atoms with Crippen LogP contribution in [-0.2, 0) is 13.1 Å². The van der Waals surface area contributed by atoms with E-state index in [-0.39, 0.29) is 12.3 Å². The van der Waals surface area contributed by atoms with E-state index >= 15 is 0 Å². The van der Waals surface area contributed by atoms with E-state index in [1.165, 1.54) is 11.3 Å². The fourth-order valence-electron chi connectivity index (χ4n) is 3.78. The van der Waals surface area contributed by atoms with Crippen molar-refractivity contribution in [3.05, 3.63) is 64.1 Å². The second-order valence-electron chi connectivity index (χ2n) is 7.36. The van der Waals surface area contributed by atoms with Gasteiger partial charge in [0.15, 0.2) is 22.0 Å². The Balaban J connectivity index is 1.29. The molecule has 1 aliphatic heterocycles. The van der Waals surface area contributed by atoms with E-state index in [2.05, 4.69) is 35.8 Å². The number of ketones is 1. The van der Waals surface area contributed by atoms with Gasteiger partial charge in [0, 0.05) is 49.3 Å². The van der Waals surface area contributed by atoms with Crippen molar-refractivity contribution in [3.8, 4) is 0 Å². The van der Waals surface area contributed by atoms with Crippen LogP contribution in [0.5, 0.6) is 0 Å². The molecule has 0 aliphatic carbocycles. The Morgan fingerprint density at radius 3 is 2.68 bits per heavy atom. The van der Waals surface area contributed by atoms with Crippen LogP contribution in [0.3, 0.4) is 0 Å². The van der Waals surface area contributed by atoms with Crippen LogP contribution in [-0.4, -0.2) is 61.4 Å². The lowest BCUT2D eigenvalue weighted by atomic mass is 10.2. The van der Waals surface area contributed by atoms with Crippen LogP contribution in [0.15, 0.2) is 48.5 Å². The second-order valence-corrected chi connectivity index (χ2v) is 8.66. The number of carbonyl (C=O) groups is 1. The molecule has 0 saturated carbocycles. The smallest absolute Gasteiger partial charge is 0.211 e. The number of rotatable bonds is 6. The van der Waals surface area contributed by atoms with E-state index < -0.39 is 0 Å². The van der Waals surface area contributed by atoms with Gasteiger partial charge in [0.05, 0.1) is 12.9 Å². The van der Waals surface area contributed by atoms with Crippen molar-refractivity contribution < 1.29 is 4.79 Å². The number of halogens is 1. The van der Waals surface area contributed by atoms with Gasteiger partial charge in [0.2, 0.25) is 5.78 Å². The number of piperazine rings is 1. The normalized spacial score (nSPS) is 14.9. The van der Waals surface area contributed by atoms with Crippen LogP contribution < -0.4 is 4.90 Å². The van der Waals surface area contributed by atoms with Gasteiger partial charge in [-0.05, 0) is 11.6 Å². The van der Waals surface area contributed by atoms with Gasteiger partial charge in [-0.3, -0.25) is 9.69 Å². The standard InChI is InChI=1S/C21H20ClN7OS/c22-16-4-2-1-3-15(16)11-27-6-8-28(9-7-27)19-18-20(25-13-24-19)29(14-26-18)12-17(30)21-23-5-10-31-21/h1-5,10,13-14H,6-9,11-12H2. The zero-order valence-electron chi connectivity index (χ0n) is 16.7. The fourth-order valence-corrected chi connectivity index (χ4v) is 4.55. The highest BCUT2D eigenvalue weighted by Gasteiger charge is 2.22. The maximum atomic E-state index is 12.4. The molecule has 0 N–H and O–H groups in total. The largest absolute Gasteiger partial charge is 0.352 e. The molecule has 3 aromatic heterocycles. The van der Waals surface area contributed by atoms with Gasteiger partial charge in [0.1, 0.15) is 6.33 Å². The predicted molar refractivity (Wildman–Crippen MR) is 121 cm³/mol. The molecule has 8 nitrogen and oxygen atoms in total. The van der Waals surface area contributed by atoms with E-state index in [1.54, 1.807) is 28.8 Å². The molecule has 1 aliphatic rings. The molecule has 4 aromatic rings. The highest BCUT2D eigenvalue weighted by molar-refractivity contribution is 7.11. The first kappa shape index (κ1) is 20.0. The number of fused-ring (bicyclic) bond motifs is 1. The van der Waals surface area contributed by atoms with Crippen LogP contribution in [0.1, 0.15) is 15.4 Å². The maximum absolute atomic E-state index is 12.4. The number of anilines is 1. The number of hydrogen-bond acceptors (Lipinski definition) is 8. The summed E-state index contributed by atoms with van der Waals surface area (Å²) in [7, 11) is 0. The summed E-state index contributed by atoms with van der Waals surface area (Å²) < 4.78 is 1.76. The van der Waals surface area contributed by atoms with Crippen LogP contribution >= 0.6 is 22.9 Å². The summed E-state index contributed by atoms with van der Waals surface area (Å²) in [6.07, 6.45) is 4.83. The van der Waals surface area contributed by atoms with Crippen molar-refractivity contribution in [2.75, 3.05) is 31.1 Å². The van der Waals surface area contributed by atoms with Crippen molar-refractivity contribution >= 4 is 45.7 Å². The molecular formula is C21H20ClN7OS. The van der Waals surface area contributed by atoms with E-state index in [0.29, 0.717) is 16.2 Å². The minimum atomic E-state index is -0.0531. The lowest BCUT2D eigenvalue weighted by Gasteiger charge is -2.35. The van der Waals surface area contributed by atoms with Crippen LogP contribution in [0.25, 0.3) is 11.2 Å². The summed E-state index contributed by atoms with van der Waals surface area (Å²) in [6.45, 7) is 4.47. The quantitative estimate of drug-likeness (QED) is 0.415. The summed E-state index contributed by atoms with van der Waals surface area (Å²) in [5.74, 6) is 0.755. The summed E-state index contributed by atoms with van der Waals surface area (Å²) in [5.41, 5.74) is 2.52. The van der Waals surface area contributed by atoms with Gasteiger partial charge in [0.25, 0.3) is 0 Å². The van der Waals surface area contributed by atoms with Crippen LogP contribution in [0, 0.1) is 0 Å². The maximum Gasteiger partial charge on any atom is 0.211 e. The Hall–Kier alpha value is -2.88. The predicted octanol–water partition coefficient (Wildman–Crippen LogP) is 3.14. The molecule has 1 saturated heterocycles. The third-order valence-corrected chi connectivity index (χ3v) is 6.57. The number of imidazole rings is 1. The minimum Gasteiger partial charge on any atom is -0.352 e. The van der Waals surface area contributed by atoms with Crippen molar-refractivity contribution in [1.82, 2.24) is 29.4 Å². The third-order valence-electron chi connectivity index (χ3n) is 5.39. The number of thiazole rings is 1. The molecule has 1 fully saturated rings. The molecule has 5 rings (SSSR count). The van der Waals surface area contributed by atoms with Crippen LogP contribution in [0.2, 0.25) is 5.02 Å². The highest BCUT2D eigenvalue weighted by Crippen LogP contribution is 2.24. The third kappa shape index (κ3) is 4.16. The second kappa shape index (κ2) is 8.70. The van der Waals surface area contributed by atoms with Crippen LogP contribution in [0.4, 0.5) is 5.82 Å². The zero-order valence-corrected chi connectivity index (χ0v) is 18.3. The Morgan fingerprint density at radius 1 is 1.06 bits per heavy atom. The van der Waals surface area contributed by atoms with Gasteiger partial charge in [-0.15, -0.1) is 11.3 Å². The number of carbonyl (C=O) groups excluding carboxylic acids is 1. The molecule has 158 valence electrons. The summed E-state index contributed by atoms with van der Waals surface area (Å²) in [4.78, 5) is 34.6. The summed E-state index contributed by atoms with van der Waals surface area (Å²) in [6, 6.07) is 7.97. The Labute approximate surface area is 188 Å². The van der Waals surface area contributed by atoms with Gasteiger partial charge >= 0.3 is 0 Å². The first-order valence-electron chi connectivity index (χ1n) is 9.98. The zero-order chi connectivity index (χ0) is 21.2. The number of nitrogens with zero attached hydrogens (tertiary/aromatic N) is 7. The van der Waals surface area contributed by atoms with Gasteiger partial charge in [-0.25, -0.2) is 19.9 Å². The molecular weight excluding hydrogens is 434 g/mol. The summed E-state index contributed by atoms with van der Waals surface area (Å²) >= 11 is 7.65. The number of aromatic nitrogens is 5. The van der Waals surface area contributed by atoms with Crippen molar-refractivity contribution in [3.63, 3.8) is 0 Å². The van der Waals surface area contributed by atoms with Gasteiger partial charge in [-0.1, -0.05) is 29.8 Å². The number of benzene rings is 1. The average Bonchev–Trinajstić information content (AvgIpc) is 3.47. The van der Waals surface area contributed by atoms with E-state index in [9.17, 15) is 4.79 Å². The number of Topliss-reactive ketones (excluding diaryl/α,β-unsaturated/α-hetero) is 1. The molecule has 0 radical (unpaired) electrons. The molecule has 0 unspecified atom stereocenters. The monoisotopic (exact) mass is 453 g/mol.